The van der Waals surface area contributed by atoms with Crippen molar-refractivity contribution in [2.24, 2.45) is 0 Å². The van der Waals surface area contributed by atoms with Crippen molar-refractivity contribution in [2.75, 3.05) is 18.6 Å². The van der Waals surface area contributed by atoms with Crippen LogP contribution < -0.4 is 9.64 Å². The van der Waals surface area contributed by atoms with Crippen molar-refractivity contribution in [3.8, 4) is 5.75 Å². The van der Waals surface area contributed by atoms with Gasteiger partial charge in [0.15, 0.2) is 11.6 Å². The summed E-state index contributed by atoms with van der Waals surface area (Å²) in [6.07, 6.45) is 2.59. The van der Waals surface area contributed by atoms with E-state index >= 15 is 0 Å². The van der Waals surface area contributed by atoms with E-state index in [-0.39, 0.29) is 11.7 Å². The van der Waals surface area contributed by atoms with Gasteiger partial charge in [-0.3, -0.25) is 4.79 Å². The maximum Gasteiger partial charge on any atom is 0.258 e. The molecule has 1 aromatic rings. The van der Waals surface area contributed by atoms with Crippen molar-refractivity contribution >= 4 is 11.6 Å². The summed E-state index contributed by atoms with van der Waals surface area (Å²) in [4.78, 5) is 13.7. The van der Waals surface area contributed by atoms with Crippen molar-refractivity contribution in [1.82, 2.24) is 0 Å². The van der Waals surface area contributed by atoms with E-state index < -0.39 is 11.4 Å². The van der Waals surface area contributed by atoms with Crippen LogP contribution in [0.3, 0.4) is 0 Å². The number of fused-ring (bicyclic) bond motifs is 1. The van der Waals surface area contributed by atoms with Gasteiger partial charge in [0.25, 0.3) is 5.91 Å². The highest BCUT2D eigenvalue weighted by atomic mass is 19.1. The van der Waals surface area contributed by atoms with Crippen LogP contribution in [0.1, 0.15) is 24.8 Å². The zero-order valence-electron chi connectivity index (χ0n) is 10.8. The van der Waals surface area contributed by atoms with Crippen LogP contribution in [0.2, 0.25) is 0 Å². The zero-order valence-corrected chi connectivity index (χ0v) is 10.8. The van der Waals surface area contributed by atoms with E-state index in [2.05, 4.69) is 0 Å². The third-order valence-electron chi connectivity index (χ3n) is 3.84. The van der Waals surface area contributed by atoms with Gasteiger partial charge < -0.3 is 14.7 Å². The fraction of sp³-hybridized carbons (Fsp3) is 0.500. The molecule has 5 heteroatoms. The van der Waals surface area contributed by atoms with Crippen LogP contribution in [-0.4, -0.2) is 30.3 Å². The monoisotopic (exact) mass is 265 g/mol. The Balaban J connectivity index is 2.00. The van der Waals surface area contributed by atoms with Gasteiger partial charge in [0, 0.05) is 12.6 Å². The minimum Gasteiger partial charge on any atom is -0.494 e. The van der Waals surface area contributed by atoms with E-state index in [1.165, 1.54) is 18.1 Å². The number of methoxy groups -OCH3 is 1. The van der Waals surface area contributed by atoms with Gasteiger partial charge in [0.1, 0.15) is 5.60 Å². The van der Waals surface area contributed by atoms with Crippen LogP contribution in [0.5, 0.6) is 5.75 Å². The highest BCUT2D eigenvalue weighted by molar-refractivity contribution is 6.02. The molecule has 4 nitrogen and oxygen atoms in total. The number of hydrogen-bond donors (Lipinski definition) is 1. The van der Waals surface area contributed by atoms with Crippen molar-refractivity contribution in [3.05, 3.63) is 23.5 Å². The molecular formula is C14H16FNO3. The first-order valence-corrected chi connectivity index (χ1v) is 6.46. The number of nitrogens with zero attached hydrogens (tertiary/aromatic N) is 1. The molecule has 0 bridgehead atoms. The maximum atomic E-state index is 13.8. The predicted octanol–water partition coefficient (Wildman–Crippen LogP) is 1.64. The van der Waals surface area contributed by atoms with Crippen molar-refractivity contribution in [3.63, 3.8) is 0 Å². The molecule has 1 heterocycles. The lowest BCUT2D eigenvalue weighted by atomic mass is 10.00. The standard InChI is InChI=1S/C14H16FNO3/c1-19-12-7-9-3-2-6-16(11(9)8-10(12)15)13(17)14(18)4-5-14/h7-8,18H,2-6H2,1H3. The Bertz CT molecular complexity index is 540. The highest BCUT2D eigenvalue weighted by Crippen LogP contribution is 2.40. The van der Waals surface area contributed by atoms with Crippen LogP contribution in [0.15, 0.2) is 12.1 Å². The number of rotatable bonds is 2. The number of anilines is 1. The van der Waals surface area contributed by atoms with Gasteiger partial charge >= 0.3 is 0 Å². The number of hydrogen-bond acceptors (Lipinski definition) is 3. The molecule has 1 saturated carbocycles. The molecule has 0 saturated heterocycles. The summed E-state index contributed by atoms with van der Waals surface area (Å²) in [6, 6.07) is 2.97. The highest BCUT2D eigenvalue weighted by Gasteiger charge is 2.51. The molecule has 0 unspecified atom stereocenters. The molecule has 0 spiro atoms. The molecule has 3 rings (SSSR count). The van der Waals surface area contributed by atoms with E-state index in [1.807, 2.05) is 0 Å². The number of carbonyl (C=O) groups excluding carboxylic acids is 1. The molecule has 1 fully saturated rings. The average molecular weight is 265 g/mol. The first-order valence-electron chi connectivity index (χ1n) is 6.46. The Hall–Kier alpha value is -1.62. The van der Waals surface area contributed by atoms with Crippen LogP contribution in [0, 0.1) is 5.82 Å². The number of amides is 1. The third kappa shape index (κ3) is 1.98. The fourth-order valence-electron chi connectivity index (χ4n) is 2.54. The summed E-state index contributed by atoms with van der Waals surface area (Å²) in [6.45, 7) is 0.528. The quantitative estimate of drug-likeness (QED) is 0.884. The Labute approximate surface area is 110 Å². The minimum absolute atomic E-state index is 0.193. The van der Waals surface area contributed by atoms with E-state index in [4.69, 9.17) is 4.74 Å². The molecule has 1 amide bonds. The lowest BCUT2D eigenvalue weighted by Gasteiger charge is -2.31. The van der Waals surface area contributed by atoms with Gasteiger partial charge in [-0.2, -0.15) is 0 Å². The van der Waals surface area contributed by atoms with Gasteiger partial charge in [-0.05, 0) is 37.3 Å². The maximum absolute atomic E-state index is 13.8. The minimum atomic E-state index is -1.22. The zero-order chi connectivity index (χ0) is 13.6. The van der Waals surface area contributed by atoms with Crippen molar-refractivity contribution < 1.29 is 19.0 Å². The molecule has 0 radical (unpaired) electrons. The Kier molecular flexibility index (Phi) is 2.74. The molecule has 19 heavy (non-hydrogen) atoms. The number of halogens is 1. The van der Waals surface area contributed by atoms with Crippen LogP contribution >= 0.6 is 0 Å². The number of benzene rings is 1. The van der Waals surface area contributed by atoms with Gasteiger partial charge in [-0.15, -0.1) is 0 Å². The Morgan fingerprint density at radius 1 is 1.47 bits per heavy atom. The molecule has 2 aliphatic rings. The first kappa shape index (κ1) is 12.4. The largest absolute Gasteiger partial charge is 0.494 e. The summed E-state index contributed by atoms with van der Waals surface area (Å²) in [5, 5.41) is 9.94. The molecule has 0 aromatic heterocycles. The lowest BCUT2D eigenvalue weighted by Crippen LogP contribution is -2.43. The molecule has 102 valence electrons. The smallest absolute Gasteiger partial charge is 0.258 e. The molecular weight excluding hydrogens is 249 g/mol. The Morgan fingerprint density at radius 2 is 2.21 bits per heavy atom. The number of carbonyl (C=O) groups is 1. The SMILES string of the molecule is COc1cc2c(cc1F)N(C(=O)C1(O)CC1)CCC2. The second kappa shape index (κ2) is 4.20. The third-order valence-corrected chi connectivity index (χ3v) is 3.84. The van der Waals surface area contributed by atoms with Crippen LogP contribution in [0.25, 0.3) is 0 Å². The Morgan fingerprint density at radius 3 is 2.84 bits per heavy atom. The van der Waals surface area contributed by atoms with Gasteiger partial charge in [-0.25, -0.2) is 4.39 Å². The first-order chi connectivity index (χ1) is 9.05. The molecule has 1 aromatic carbocycles. The number of ether oxygens (including phenoxy) is 1. The second-order valence-corrected chi connectivity index (χ2v) is 5.21. The summed E-state index contributed by atoms with van der Waals surface area (Å²) < 4.78 is 18.8. The topological polar surface area (TPSA) is 49.8 Å². The summed E-state index contributed by atoms with van der Waals surface area (Å²) >= 11 is 0. The molecule has 1 N–H and O–H groups in total. The predicted molar refractivity (Wildman–Crippen MR) is 67.8 cm³/mol. The lowest BCUT2D eigenvalue weighted by molar-refractivity contribution is -0.128. The van der Waals surface area contributed by atoms with E-state index in [0.717, 1.165) is 18.4 Å². The normalized spacial score (nSPS) is 19.8. The second-order valence-electron chi connectivity index (χ2n) is 5.21. The molecule has 0 atom stereocenters. The van der Waals surface area contributed by atoms with Gasteiger partial charge in [0.05, 0.1) is 12.8 Å². The average Bonchev–Trinajstić information content (AvgIpc) is 3.16. The van der Waals surface area contributed by atoms with E-state index in [0.29, 0.717) is 25.1 Å². The summed E-state index contributed by atoms with van der Waals surface area (Å²) in [7, 11) is 1.42. The number of aliphatic hydroxyl groups is 1. The van der Waals surface area contributed by atoms with E-state index in [1.54, 1.807) is 6.07 Å². The summed E-state index contributed by atoms with van der Waals surface area (Å²) in [5.41, 5.74) is 0.238. The van der Waals surface area contributed by atoms with Crippen molar-refractivity contribution in [1.29, 1.82) is 0 Å². The summed E-state index contributed by atoms with van der Waals surface area (Å²) in [5.74, 6) is -0.597. The van der Waals surface area contributed by atoms with E-state index in [9.17, 15) is 14.3 Å². The molecule has 1 aliphatic carbocycles. The van der Waals surface area contributed by atoms with Crippen molar-refractivity contribution in [2.45, 2.75) is 31.3 Å². The van der Waals surface area contributed by atoms with Gasteiger partial charge in [-0.1, -0.05) is 0 Å². The van der Waals surface area contributed by atoms with Crippen LogP contribution in [-0.2, 0) is 11.2 Å². The number of aryl methyl sites for hydroxylation is 1. The molecule has 1 aliphatic heterocycles. The van der Waals surface area contributed by atoms with Gasteiger partial charge in [0.2, 0.25) is 0 Å². The van der Waals surface area contributed by atoms with Crippen LogP contribution in [0.4, 0.5) is 10.1 Å². The fourth-order valence-corrected chi connectivity index (χ4v) is 2.54.